The van der Waals surface area contributed by atoms with Crippen LogP contribution in [0.25, 0.3) is 0 Å². The lowest BCUT2D eigenvalue weighted by Gasteiger charge is -2.02. The topological polar surface area (TPSA) is 12.9 Å². The minimum absolute atomic E-state index is 0.158. The van der Waals surface area contributed by atoms with Gasteiger partial charge in [-0.3, -0.25) is 4.98 Å². The maximum absolute atomic E-state index is 12.9. The molecule has 0 unspecified atom stereocenters. The summed E-state index contributed by atoms with van der Waals surface area (Å²) in [5, 5.41) is 0.158. The highest BCUT2D eigenvalue weighted by molar-refractivity contribution is 7.98. The Morgan fingerprint density at radius 1 is 1.25 bits per heavy atom. The van der Waals surface area contributed by atoms with Gasteiger partial charge in [-0.05, 0) is 30.3 Å². The fraction of sp³-hybridized carbons (Fsp3) is 0.0833. The van der Waals surface area contributed by atoms with Crippen molar-refractivity contribution in [2.75, 3.05) is 0 Å². The standard InChI is InChI=1S/C12H9ClFNS/c13-11-7-10(4-5-12(11)14)16-8-9-3-1-2-6-15-9/h1-7H,8H2. The van der Waals surface area contributed by atoms with Crippen molar-refractivity contribution in [2.45, 2.75) is 10.6 Å². The van der Waals surface area contributed by atoms with E-state index in [1.54, 1.807) is 30.1 Å². The van der Waals surface area contributed by atoms with Gasteiger partial charge in [0.1, 0.15) is 5.82 Å². The number of halogens is 2. The van der Waals surface area contributed by atoms with Crippen LogP contribution in [0.5, 0.6) is 0 Å². The third-order valence-corrected chi connectivity index (χ3v) is 3.32. The molecule has 0 amide bonds. The fourth-order valence-corrected chi connectivity index (χ4v) is 2.30. The van der Waals surface area contributed by atoms with Crippen LogP contribution < -0.4 is 0 Å². The summed E-state index contributed by atoms with van der Waals surface area (Å²) in [4.78, 5) is 5.15. The molecule has 0 aliphatic heterocycles. The van der Waals surface area contributed by atoms with Crippen molar-refractivity contribution in [2.24, 2.45) is 0 Å². The molecule has 1 aromatic carbocycles. The third kappa shape index (κ3) is 2.97. The van der Waals surface area contributed by atoms with Gasteiger partial charge in [0.05, 0.1) is 10.7 Å². The van der Waals surface area contributed by atoms with Crippen molar-refractivity contribution in [3.63, 3.8) is 0 Å². The Kier molecular flexibility index (Phi) is 3.80. The third-order valence-electron chi connectivity index (χ3n) is 2.00. The SMILES string of the molecule is Fc1ccc(SCc2ccccn2)cc1Cl. The predicted octanol–water partition coefficient (Wildman–Crippen LogP) is 4.17. The van der Waals surface area contributed by atoms with Crippen molar-refractivity contribution < 1.29 is 4.39 Å². The average molecular weight is 254 g/mol. The van der Waals surface area contributed by atoms with Gasteiger partial charge in [0, 0.05) is 16.8 Å². The van der Waals surface area contributed by atoms with E-state index in [0.717, 1.165) is 16.3 Å². The lowest BCUT2D eigenvalue weighted by atomic mass is 10.3. The number of thioether (sulfide) groups is 1. The van der Waals surface area contributed by atoms with Gasteiger partial charge in [-0.25, -0.2) is 4.39 Å². The molecule has 0 aliphatic rings. The van der Waals surface area contributed by atoms with E-state index >= 15 is 0 Å². The van der Waals surface area contributed by atoms with E-state index < -0.39 is 0 Å². The second-order valence-corrected chi connectivity index (χ2v) is 4.64. The zero-order valence-corrected chi connectivity index (χ0v) is 9.93. The number of pyridine rings is 1. The van der Waals surface area contributed by atoms with E-state index in [9.17, 15) is 4.39 Å². The van der Waals surface area contributed by atoms with Gasteiger partial charge in [-0.1, -0.05) is 17.7 Å². The van der Waals surface area contributed by atoms with Crippen LogP contribution in [-0.2, 0) is 5.75 Å². The van der Waals surface area contributed by atoms with Crippen molar-refractivity contribution in [3.05, 3.63) is 59.1 Å². The molecule has 0 saturated carbocycles. The molecule has 0 atom stereocenters. The molecule has 0 bridgehead atoms. The number of rotatable bonds is 3. The Bertz CT molecular complexity index is 476. The average Bonchev–Trinajstić information content (AvgIpc) is 2.32. The van der Waals surface area contributed by atoms with E-state index in [2.05, 4.69) is 4.98 Å². The van der Waals surface area contributed by atoms with E-state index in [1.807, 2.05) is 18.2 Å². The van der Waals surface area contributed by atoms with E-state index in [4.69, 9.17) is 11.6 Å². The molecule has 1 heterocycles. The molecule has 82 valence electrons. The quantitative estimate of drug-likeness (QED) is 0.762. The Hall–Kier alpha value is -1.06. The van der Waals surface area contributed by atoms with Gasteiger partial charge in [0.15, 0.2) is 0 Å². The van der Waals surface area contributed by atoms with Gasteiger partial charge in [-0.15, -0.1) is 11.8 Å². The van der Waals surface area contributed by atoms with Gasteiger partial charge in [-0.2, -0.15) is 0 Å². The van der Waals surface area contributed by atoms with Crippen LogP contribution in [0.4, 0.5) is 4.39 Å². The van der Waals surface area contributed by atoms with Crippen molar-refractivity contribution in [1.82, 2.24) is 4.98 Å². The molecule has 1 nitrogen and oxygen atoms in total. The second kappa shape index (κ2) is 5.32. The first-order valence-electron chi connectivity index (χ1n) is 4.73. The molecular formula is C12H9ClFNS. The molecule has 0 radical (unpaired) electrons. The molecule has 0 aliphatic carbocycles. The normalized spacial score (nSPS) is 10.4. The summed E-state index contributed by atoms with van der Waals surface area (Å²) >= 11 is 7.27. The van der Waals surface area contributed by atoms with Crippen LogP contribution >= 0.6 is 23.4 Å². The number of hydrogen-bond donors (Lipinski definition) is 0. The molecule has 0 saturated heterocycles. The summed E-state index contributed by atoms with van der Waals surface area (Å²) in [7, 11) is 0. The summed E-state index contributed by atoms with van der Waals surface area (Å²) in [6.45, 7) is 0. The molecule has 0 spiro atoms. The van der Waals surface area contributed by atoms with Gasteiger partial charge in [0.25, 0.3) is 0 Å². The van der Waals surface area contributed by atoms with Crippen molar-refractivity contribution in [1.29, 1.82) is 0 Å². The lowest BCUT2D eigenvalue weighted by Crippen LogP contribution is -1.85. The highest BCUT2D eigenvalue weighted by Gasteiger charge is 2.02. The first-order valence-corrected chi connectivity index (χ1v) is 6.10. The first kappa shape index (κ1) is 11.4. The maximum Gasteiger partial charge on any atom is 0.141 e. The highest BCUT2D eigenvalue weighted by Crippen LogP contribution is 2.26. The van der Waals surface area contributed by atoms with Crippen LogP contribution in [0.15, 0.2) is 47.5 Å². The van der Waals surface area contributed by atoms with Crippen LogP contribution in [0.3, 0.4) is 0 Å². The van der Waals surface area contributed by atoms with E-state index in [0.29, 0.717) is 0 Å². The zero-order chi connectivity index (χ0) is 11.4. The van der Waals surface area contributed by atoms with Crippen LogP contribution in [-0.4, -0.2) is 4.98 Å². The van der Waals surface area contributed by atoms with Gasteiger partial charge < -0.3 is 0 Å². The van der Waals surface area contributed by atoms with Crippen LogP contribution in [0, 0.1) is 5.82 Å². The molecule has 2 aromatic rings. The van der Waals surface area contributed by atoms with E-state index in [1.165, 1.54) is 6.07 Å². The molecular weight excluding hydrogens is 245 g/mol. The summed E-state index contributed by atoms with van der Waals surface area (Å²) < 4.78 is 12.9. The molecule has 2 rings (SSSR count). The largest absolute Gasteiger partial charge is 0.260 e. The number of nitrogens with zero attached hydrogens (tertiary/aromatic N) is 1. The van der Waals surface area contributed by atoms with Crippen molar-refractivity contribution in [3.8, 4) is 0 Å². The van der Waals surface area contributed by atoms with Crippen LogP contribution in [0.2, 0.25) is 5.02 Å². The van der Waals surface area contributed by atoms with Crippen molar-refractivity contribution >= 4 is 23.4 Å². The molecule has 0 fully saturated rings. The molecule has 16 heavy (non-hydrogen) atoms. The number of benzene rings is 1. The number of aromatic nitrogens is 1. The van der Waals surface area contributed by atoms with Gasteiger partial charge >= 0.3 is 0 Å². The number of hydrogen-bond acceptors (Lipinski definition) is 2. The molecule has 1 aromatic heterocycles. The predicted molar refractivity (Wildman–Crippen MR) is 65.2 cm³/mol. The Morgan fingerprint density at radius 3 is 2.81 bits per heavy atom. The zero-order valence-electron chi connectivity index (χ0n) is 8.36. The Morgan fingerprint density at radius 2 is 2.12 bits per heavy atom. The summed E-state index contributed by atoms with van der Waals surface area (Å²) in [6, 6.07) is 10.5. The summed E-state index contributed by atoms with van der Waals surface area (Å²) in [5.74, 6) is 0.367. The lowest BCUT2D eigenvalue weighted by molar-refractivity contribution is 0.627. The second-order valence-electron chi connectivity index (χ2n) is 3.19. The molecule has 0 N–H and O–H groups in total. The first-order chi connectivity index (χ1) is 7.75. The maximum atomic E-state index is 12.9. The van der Waals surface area contributed by atoms with Crippen LogP contribution in [0.1, 0.15) is 5.69 Å². The minimum atomic E-state index is -0.385. The Balaban J connectivity index is 2.03. The fourth-order valence-electron chi connectivity index (χ4n) is 1.21. The summed E-state index contributed by atoms with van der Waals surface area (Å²) in [5.41, 5.74) is 0.993. The monoisotopic (exact) mass is 253 g/mol. The molecule has 4 heteroatoms. The summed E-state index contributed by atoms with van der Waals surface area (Å²) in [6.07, 6.45) is 1.76. The smallest absolute Gasteiger partial charge is 0.141 e. The van der Waals surface area contributed by atoms with E-state index in [-0.39, 0.29) is 10.8 Å². The van der Waals surface area contributed by atoms with Gasteiger partial charge in [0.2, 0.25) is 0 Å². The Labute approximate surface area is 103 Å². The highest BCUT2D eigenvalue weighted by atomic mass is 35.5. The minimum Gasteiger partial charge on any atom is -0.260 e.